The van der Waals surface area contributed by atoms with E-state index in [1.165, 1.54) is 4.68 Å². The molecule has 3 N–H and O–H groups in total. The molecule has 1 rings (SSSR count). The first-order valence-electron chi connectivity index (χ1n) is 4.28. The molecular formula is C8H13N3O3. The molecule has 6 nitrogen and oxygen atoms in total. The number of carbonyl (C=O) groups is 1. The van der Waals surface area contributed by atoms with E-state index in [4.69, 9.17) is 15.6 Å². The summed E-state index contributed by atoms with van der Waals surface area (Å²) in [5, 5.41) is 12.3. The molecule has 0 spiro atoms. The van der Waals surface area contributed by atoms with E-state index < -0.39 is 0 Å². The molecule has 6 heteroatoms. The molecule has 1 aromatic heterocycles. The van der Waals surface area contributed by atoms with Crippen LogP contribution in [0.4, 0.5) is 5.82 Å². The molecule has 78 valence electrons. The summed E-state index contributed by atoms with van der Waals surface area (Å²) in [6.07, 6.45) is 2.05. The first kappa shape index (κ1) is 10.5. The number of anilines is 1. The SMILES string of the molecule is Nc1ccn(CC(=O)OCCCO)n1. The van der Waals surface area contributed by atoms with Gasteiger partial charge in [0, 0.05) is 19.2 Å². The van der Waals surface area contributed by atoms with Crippen LogP contribution in [0.3, 0.4) is 0 Å². The molecule has 1 aromatic rings. The maximum absolute atomic E-state index is 11.1. The van der Waals surface area contributed by atoms with Crippen molar-refractivity contribution < 1.29 is 14.6 Å². The fraction of sp³-hybridized carbons (Fsp3) is 0.500. The fourth-order valence-corrected chi connectivity index (χ4v) is 0.894. The highest BCUT2D eigenvalue weighted by Crippen LogP contribution is 1.96. The van der Waals surface area contributed by atoms with E-state index in [0.29, 0.717) is 12.2 Å². The number of hydrogen-bond acceptors (Lipinski definition) is 5. The summed E-state index contributed by atoms with van der Waals surface area (Å²) in [5.74, 6) is -0.0188. The van der Waals surface area contributed by atoms with E-state index in [1.807, 2.05) is 0 Å². The number of ether oxygens (including phenoxy) is 1. The number of nitrogens with zero attached hydrogens (tertiary/aromatic N) is 2. The van der Waals surface area contributed by atoms with Gasteiger partial charge in [-0.2, -0.15) is 5.10 Å². The quantitative estimate of drug-likeness (QED) is 0.487. The van der Waals surface area contributed by atoms with Gasteiger partial charge >= 0.3 is 5.97 Å². The molecule has 0 aliphatic rings. The van der Waals surface area contributed by atoms with Crippen LogP contribution in [0, 0.1) is 0 Å². The molecule has 0 saturated heterocycles. The Morgan fingerprint density at radius 1 is 1.71 bits per heavy atom. The Kier molecular flexibility index (Phi) is 3.93. The first-order valence-corrected chi connectivity index (χ1v) is 4.28. The molecule has 0 atom stereocenters. The number of esters is 1. The number of aliphatic hydroxyl groups is 1. The van der Waals surface area contributed by atoms with Gasteiger partial charge in [-0.3, -0.25) is 9.48 Å². The van der Waals surface area contributed by atoms with Crippen LogP contribution in [0.25, 0.3) is 0 Å². The van der Waals surface area contributed by atoms with E-state index in [9.17, 15) is 4.79 Å². The predicted molar refractivity (Wildman–Crippen MR) is 49.3 cm³/mol. The summed E-state index contributed by atoms with van der Waals surface area (Å²) < 4.78 is 6.19. The van der Waals surface area contributed by atoms with Crippen molar-refractivity contribution in [1.29, 1.82) is 0 Å². The lowest BCUT2D eigenvalue weighted by Crippen LogP contribution is -2.15. The van der Waals surface area contributed by atoms with Crippen LogP contribution in [-0.4, -0.2) is 34.1 Å². The lowest BCUT2D eigenvalue weighted by atomic mass is 10.5. The summed E-state index contributed by atoms with van der Waals surface area (Å²) in [6, 6.07) is 1.60. The van der Waals surface area contributed by atoms with Gasteiger partial charge in [-0.15, -0.1) is 0 Å². The third-order valence-corrected chi connectivity index (χ3v) is 1.52. The van der Waals surface area contributed by atoms with Crippen molar-refractivity contribution in [3.63, 3.8) is 0 Å². The molecule has 0 aliphatic heterocycles. The second kappa shape index (κ2) is 5.23. The normalized spacial score (nSPS) is 10.1. The monoisotopic (exact) mass is 199 g/mol. The topological polar surface area (TPSA) is 90.4 Å². The highest BCUT2D eigenvalue weighted by atomic mass is 16.5. The Bertz CT molecular complexity index is 298. The van der Waals surface area contributed by atoms with Crippen LogP contribution in [-0.2, 0) is 16.1 Å². The summed E-state index contributed by atoms with van der Waals surface area (Å²) in [6.45, 7) is 0.288. The van der Waals surface area contributed by atoms with Crippen molar-refractivity contribution in [2.75, 3.05) is 18.9 Å². The van der Waals surface area contributed by atoms with Gasteiger partial charge in [0.25, 0.3) is 0 Å². The van der Waals surface area contributed by atoms with Crippen molar-refractivity contribution in [3.05, 3.63) is 12.3 Å². The number of aromatic nitrogens is 2. The van der Waals surface area contributed by atoms with E-state index in [2.05, 4.69) is 5.10 Å². The fourth-order valence-electron chi connectivity index (χ4n) is 0.894. The van der Waals surface area contributed by atoms with Crippen molar-refractivity contribution in [2.45, 2.75) is 13.0 Å². The van der Waals surface area contributed by atoms with E-state index in [-0.39, 0.29) is 25.7 Å². The van der Waals surface area contributed by atoms with Crippen molar-refractivity contribution in [1.82, 2.24) is 9.78 Å². The molecule has 14 heavy (non-hydrogen) atoms. The van der Waals surface area contributed by atoms with Crippen molar-refractivity contribution in [3.8, 4) is 0 Å². The molecular weight excluding hydrogens is 186 g/mol. The zero-order valence-electron chi connectivity index (χ0n) is 7.72. The Hall–Kier alpha value is -1.56. The largest absolute Gasteiger partial charge is 0.464 e. The summed E-state index contributed by atoms with van der Waals surface area (Å²) >= 11 is 0. The maximum Gasteiger partial charge on any atom is 0.327 e. The second-order valence-corrected chi connectivity index (χ2v) is 2.74. The predicted octanol–water partition coefficient (Wildman–Crippen LogP) is -0.609. The summed E-state index contributed by atoms with van der Waals surface area (Å²) in [4.78, 5) is 11.1. The van der Waals surface area contributed by atoms with E-state index in [1.54, 1.807) is 12.3 Å². The molecule has 0 radical (unpaired) electrons. The molecule has 1 heterocycles. The molecule has 0 amide bonds. The summed E-state index contributed by atoms with van der Waals surface area (Å²) in [5.41, 5.74) is 5.36. The van der Waals surface area contributed by atoms with Gasteiger partial charge in [0.1, 0.15) is 12.4 Å². The smallest absolute Gasteiger partial charge is 0.327 e. The Morgan fingerprint density at radius 2 is 2.50 bits per heavy atom. The van der Waals surface area contributed by atoms with Crippen molar-refractivity contribution >= 4 is 11.8 Å². The first-order chi connectivity index (χ1) is 6.72. The third-order valence-electron chi connectivity index (χ3n) is 1.52. The minimum atomic E-state index is -0.387. The molecule has 0 unspecified atom stereocenters. The second-order valence-electron chi connectivity index (χ2n) is 2.74. The Labute approximate surface area is 81.3 Å². The zero-order chi connectivity index (χ0) is 10.4. The van der Waals surface area contributed by atoms with Gasteiger partial charge in [-0.25, -0.2) is 0 Å². The summed E-state index contributed by atoms with van der Waals surface area (Å²) in [7, 11) is 0. The van der Waals surface area contributed by atoms with Crippen LogP contribution in [0.1, 0.15) is 6.42 Å². The Balaban J connectivity index is 2.27. The van der Waals surface area contributed by atoms with Gasteiger partial charge in [0.2, 0.25) is 0 Å². The Morgan fingerprint density at radius 3 is 3.07 bits per heavy atom. The lowest BCUT2D eigenvalue weighted by Gasteiger charge is -2.03. The van der Waals surface area contributed by atoms with Crippen LogP contribution in [0.5, 0.6) is 0 Å². The molecule has 0 bridgehead atoms. The van der Waals surface area contributed by atoms with Crippen LogP contribution >= 0.6 is 0 Å². The van der Waals surface area contributed by atoms with Gasteiger partial charge in [0.05, 0.1) is 6.61 Å². The van der Waals surface area contributed by atoms with Gasteiger partial charge in [-0.1, -0.05) is 0 Å². The maximum atomic E-state index is 11.1. The lowest BCUT2D eigenvalue weighted by molar-refractivity contribution is -0.144. The minimum absolute atomic E-state index is 0.0159. The van der Waals surface area contributed by atoms with Crippen LogP contribution in [0.2, 0.25) is 0 Å². The number of nitrogen functional groups attached to an aromatic ring is 1. The van der Waals surface area contributed by atoms with Crippen LogP contribution in [0.15, 0.2) is 12.3 Å². The van der Waals surface area contributed by atoms with E-state index in [0.717, 1.165) is 0 Å². The number of nitrogens with two attached hydrogens (primary N) is 1. The highest BCUT2D eigenvalue weighted by molar-refractivity contribution is 5.69. The standard InChI is InChI=1S/C8H13N3O3/c9-7-2-3-11(10-7)6-8(13)14-5-1-4-12/h2-3,12H,1,4-6H2,(H2,9,10). The van der Waals surface area contributed by atoms with Crippen molar-refractivity contribution in [2.24, 2.45) is 0 Å². The average Bonchev–Trinajstić information content (AvgIpc) is 2.52. The number of aliphatic hydroxyl groups excluding tert-OH is 1. The number of carbonyl (C=O) groups excluding carboxylic acids is 1. The molecule has 0 fully saturated rings. The zero-order valence-corrected chi connectivity index (χ0v) is 7.72. The van der Waals surface area contributed by atoms with Crippen LogP contribution < -0.4 is 5.73 Å². The third kappa shape index (κ3) is 3.44. The van der Waals surface area contributed by atoms with E-state index >= 15 is 0 Å². The molecule has 0 saturated carbocycles. The molecule has 0 aliphatic carbocycles. The number of rotatable bonds is 5. The average molecular weight is 199 g/mol. The highest BCUT2D eigenvalue weighted by Gasteiger charge is 2.04. The van der Waals surface area contributed by atoms with Gasteiger partial charge in [-0.05, 0) is 6.07 Å². The minimum Gasteiger partial charge on any atom is -0.464 e. The number of hydrogen-bond donors (Lipinski definition) is 2. The molecule has 0 aromatic carbocycles. The van der Waals surface area contributed by atoms with Gasteiger partial charge < -0.3 is 15.6 Å². The van der Waals surface area contributed by atoms with Gasteiger partial charge in [0.15, 0.2) is 0 Å².